The van der Waals surface area contributed by atoms with Crippen molar-refractivity contribution in [1.82, 2.24) is 5.32 Å². The Kier molecular flexibility index (Phi) is 3.70. The van der Waals surface area contributed by atoms with Crippen molar-refractivity contribution in [3.8, 4) is 0 Å². The number of benzene rings is 1. The van der Waals surface area contributed by atoms with Gasteiger partial charge in [0.05, 0.1) is 17.9 Å². The van der Waals surface area contributed by atoms with Gasteiger partial charge in [-0.15, -0.1) is 0 Å². The van der Waals surface area contributed by atoms with Crippen LogP contribution in [0.4, 0.5) is 0 Å². The number of hydrogen-bond acceptors (Lipinski definition) is 2. The van der Waals surface area contributed by atoms with Crippen LogP contribution in [0, 0.1) is 23.7 Å². The van der Waals surface area contributed by atoms with E-state index in [1.165, 1.54) is 0 Å². The average molecular weight is 287 g/mol. The van der Waals surface area contributed by atoms with E-state index in [2.05, 4.69) is 5.32 Å². The third kappa shape index (κ3) is 2.55. The standard InChI is InChI=1S/C17H21NO3/c1-10(11-5-3-2-4-6-11)18-16(19)14-12-7-8-13(9-12)15(14)17(20)21/h2-6,10,12-15H,7-9H2,1H3,(H,18,19)(H,20,21)/t10-,12-,13-,14+,15-/m0/s1. The molecular formula is C17H21NO3. The molecule has 0 spiro atoms. The summed E-state index contributed by atoms with van der Waals surface area (Å²) in [5.41, 5.74) is 1.04. The summed E-state index contributed by atoms with van der Waals surface area (Å²) in [6.07, 6.45) is 2.85. The molecular weight excluding hydrogens is 266 g/mol. The first-order chi connectivity index (χ1) is 10.1. The van der Waals surface area contributed by atoms with Crippen LogP contribution in [-0.4, -0.2) is 17.0 Å². The molecule has 4 heteroatoms. The first kappa shape index (κ1) is 14.1. The van der Waals surface area contributed by atoms with Crippen LogP contribution in [0.5, 0.6) is 0 Å². The Bertz CT molecular complexity index is 542. The molecule has 1 amide bonds. The number of carboxylic acids is 1. The van der Waals surface area contributed by atoms with Crippen LogP contribution in [0.15, 0.2) is 30.3 Å². The third-order valence-electron chi connectivity index (χ3n) is 5.16. The predicted octanol–water partition coefficient (Wildman–Crippen LogP) is 2.61. The molecule has 5 atom stereocenters. The van der Waals surface area contributed by atoms with Gasteiger partial charge in [-0.1, -0.05) is 30.3 Å². The normalized spacial score (nSPS) is 31.9. The molecule has 2 N–H and O–H groups in total. The zero-order valence-corrected chi connectivity index (χ0v) is 12.2. The zero-order valence-electron chi connectivity index (χ0n) is 12.2. The molecule has 2 aliphatic carbocycles. The molecule has 2 bridgehead atoms. The van der Waals surface area contributed by atoms with E-state index in [9.17, 15) is 14.7 Å². The molecule has 0 saturated heterocycles. The summed E-state index contributed by atoms with van der Waals surface area (Å²) in [5, 5.41) is 12.4. The molecule has 1 aromatic rings. The molecule has 4 nitrogen and oxygen atoms in total. The van der Waals surface area contributed by atoms with E-state index in [0.717, 1.165) is 24.8 Å². The summed E-state index contributed by atoms with van der Waals surface area (Å²) in [5.74, 6) is -1.31. The van der Waals surface area contributed by atoms with Crippen molar-refractivity contribution in [2.75, 3.05) is 0 Å². The number of carbonyl (C=O) groups is 2. The number of fused-ring (bicyclic) bond motifs is 2. The highest BCUT2D eigenvalue weighted by atomic mass is 16.4. The molecule has 3 rings (SSSR count). The maximum Gasteiger partial charge on any atom is 0.307 e. The van der Waals surface area contributed by atoms with Gasteiger partial charge < -0.3 is 10.4 Å². The molecule has 2 aliphatic rings. The Balaban J connectivity index is 1.72. The lowest BCUT2D eigenvalue weighted by molar-refractivity contribution is -0.149. The van der Waals surface area contributed by atoms with E-state index in [1.807, 2.05) is 37.3 Å². The van der Waals surface area contributed by atoms with Gasteiger partial charge in [-0.2, -0.15) is 0 Å². The summed E-state index contributed by atoms with van der Waals surface area (Å²) in [7, 11) is 0. The molecule has 112 valence electrons. The minimum absolute atomic E-state index is 0.0905. The monoisotopic (exact) mass is 287 g/mol. The van der Waals surface area contributed by atoms with Gasteiger partial charge in [-0.25, -0.2) is 0 Å². The smallest absolute Gasteiger partial charge is 0.307 e. The van der Waals surface area contributed by atoms with Gasteiger partial charge in [-0.05, 0) is 43.6 Å². The first-order valence-corrected chi connectivity index (χ1v) is 7.66. The van der Waals surface area contributed by atoms with Gasteiger partial charge in [-0.3, -0.25) is 9.59 Å². The molecule has 0 unspecified atom stereocenters. The Labute approximate surface area is 124 Å². The maximum absolute atomic E-state index is 12.6. The van der Waals surface area contributed by atoms with Gasteiger partial charge >= 0.3 is 5.97 Å². The number of nitrogens with one attached hydrogen (secondary N) is 1. The maximum atomic E-state index is 12.6. The number of carbonyl (C=O) groups excluding carboxylic acids is 1. The second-order valence-electron chi connectivity index (χ2n) is 6.36. The molecule has 2 fully saturated rings. The van der Waals surface area contributed by atoms with Crippen molar-refractivity contribution < 1.29 is 14.7 Å². The van der Waals surface area contributed by atoms with Crippen molar-refractivity contribution in [3.05, 3.63) is 35.9 Å². The lowest BCUT2D eigenvalue weighted by atomic mass is 9.78. The fourth-order valence-corrected chi connectivity index (χ4v) is 4.16. The Hall–Kier alpha value is -1.84. The predicted molar refractivity (Wildman–Crippen MR) is 78.4 cm³/mol. The molecule has 0 radical (unpaired) electrons. The summed E-state index contributed by atoms with van der Waals surface area (Å²) in [6.45, 7) is 1.94. The van der Waals surface area contributed by atoms with Gasteiger partial charge in [0.25, 0.3) is 0 Å². The van der Waals surface area contributed by atoms with Crippen molar-refractivity contribution in [2.45, 2.75) is 32.2 Å². The van der Waals surface area contributed by atoms with Crippen LogP contribution >= 0.6 is 0 Å². The van der Waals surface area contributed by atoms with E-state index < -0.39 is 11.9 Å². The van der Waals surface area contributed by atoms with E-state index in [-0.39, 0.29) is 29.7 Å². The summed E-state index contributed by atoms with van der Waals surface area (Å²) in [6, 6.07) is 9.67. The van der Waals surface area contributed by atoms with Crippen molar-refractivity contribution >= 4 is 11.9 Å². The SMILES string of the molecule is C[C@H](NC(=O)[C@@H]1[C@H]2CC[C@@H](C2)[C@@H]1C(=O)O)c1ccccc1. The van der Waals surface area contributed by atoms with Gasteiger partial charge in [0.2, 0.25) is 5.91 Å². The van der Waals surface area contributed by atoms with E-state index in [4.69, 9.17) is 0 Å². The van der Waals surface area contributed by atoms with E-state index in [1.54, 1.807) is 0 Å². The van der Waals surface area contributed by atoms with Crippen LogP contribution < -0.4 is 5.32 Å². The average Bonchev–Trinajstić information content (AvgIpc) is 3.08. The topological polar surface area (TPSA) is 66.4 Å². The van der Waals surface area contributed by atoms with Gasteiger partial charge in [0.15, 0.2) is 0 Å². The highest BCUT2D eigenvalue weighted by Gasteiger charge is 2.54. The summed E-state index contributed by atoms with van der Waals surface area (Å²) in [4.78, 5) is 24.0. The molecule has 0 aliphatic heterocycles. The molecule has 1 aromatic carbocycles. The number of carboxylic acid groups (broad SMARTS) is 1. The Morgan fingerprint density at radius 3 is 2.38 bits per heavy atom. The number of aliphatic carboxylic acids is 1. The fourth-order valence-electron chi connectivity index (χ4n) is 4.16. The number of amides is 1. The van der Waals surface area contributed by atoms with Crippen LogP contribution in [0.25, 0.3) is 0 Å². The largest absolute Gasteiger partial charge is 0.481 e. The highest BCUT2D eigenvalue weighted by Crippen LogP contribution is 2.52. The van der Waals surface area contributed by atoms with Crippen molar-refractivity contribution in [2.24, 2.45) is 23.7 Å². The van der Waals surface area contributed by atoms with E-state index in [0.29, 0.717) is 0 Å². The second kappa shape index (κ2) is 5.51. The number of rotatable bonds is 4. The highest BCUT2D eigenvalue weighted by molar-refractivity contribution is 5.86. The second-order valence-corrected chi connectivity index (χ2v) is 6.36. The van der Waals surface area contributed by atoms with Crippen LogP contribution in [0.2, 0.25) is 0 Å². The molecule has 0 aromatic heterocycles. The summed E-state index contributed by atoms with van der Waals surface area (Å²) < 4.78 is 0. The molecule has 21 heavy (non-hydrogen) atoms. The minimum atomic E-state index is -0.810. The lowest BCUT2D eigenvalue weighted by Crippen LogP contribution is -2.42. The van der Waals surface area contributed by atoms with E-state index >= 15 is 0 Å². The minimum Gasteiger partial charge on any atom is -0.481 e. The van der Waals surface area contributed by atoms with Crippen molar-refractivity contribution in [1.29, 1.82) is 0 Å². The Morgan fingerprint density at radius 1 is 1.14 bits per heavy atom. The van der Waals surface area contributed by atoms with Crippen LogP contribution in [0.1, 0.15) is 37.8 Å². The van der Waals surface area contributed by atoms with Crippen LogP contribution in [-0.2, 0) is 9.59 Å². The lowest BCUT2D eigenvalue weighted by Gasteiger charge is -2.28. The molecule has 0 heterocycles. The van der Waals surface area contributed by atoms with Crippen LogP contribution in [0.3, 0.4) is 0 Å². The summed E-state index contributed by atoms with van der Waals surface area (Å²) >= 11 is 0. The Morgan fingerprint density at radius 2 is 1.76 bits per heavy atom. The third-order valence-corrected chi connectivity index (χ3v) is 5.16. The molecule has 2 saturated carbocycles. The first-order valence-electron chi connectivity index (χ1n) is 7.66. The van der Waals surface area contributed by atoms with Gasteiger partial charge in [0, 0.05) is 0 Å². The zero-order chi connectivity index (χ0) is 15.0. The quantitative estimate of drug-likeness (QED) is 0.894. The fraction of sp³-hybridized carbons (Fsp3) is 0.529. The number of hydrogen-bond donors (Lipinski definition) is 2. The van der Waals surface area contributed by atoms with Crippen molar-refractivity contribution in [3.63, 3.8) is 0 Å². The van der Waals surface area contributed by atoms with Gasteiger partial charge in [0.1, 0.15) is 0 Å².